The molecule has 1 aliphatic heterocycles. The van der Waals surface area contributed by atoms with Gasteiger partial charge < -0.3 is 5.32 Å². The van der Waals surface area contributed by atoms with Gasteiger partial charge >= 0.3 is 0 Å². The molecule has 1 heterocycles. The third kappa shape index (κ3) is 2.53. The van der Waals surface area contributed by atoms with Crippen molar-refractivity contribution in [3.8, 4) is 0 Å². The number of rotatable bonds is 3. The standard InChI is InChI=1S/C15H30N2/c1-5-15(6-2)12-17(13-9-7-8-10-13)14(3,4)11-16-15/h13,16H,5-12H2,1-4H3. The Morgan fingerprint density at radius 2 is 1.71 bits per heavy atom. The number of nitrogens with zero attached hydrogens (tertiary/aromatic N) is 1. The Morgan fingerprint density at radius 3 is 2.24 bits per heavy atom. The Labute approximate surface area is 107 Å². The van der Waals surface area contributed by atoms with E-state index in [0.29, 0.717) is 11.1 Å². The smallest absolute Gasteiger partial charge is 0.0304 e. The van der Waals surface area contributed by atoms with Crippen LogP contribution < -0.4 is 5.32 Å². The first-order valence-corrected chi connectivity index (χ1v) is 7.55. The summed E-state index contributed by atoms with van der Waals surface area (Å²) in [6, 6.07) is 0.851. The van der Waals surface area contributed by atoms with Gasteiger partial charge in [-0.2, -0.15) is 0 Å². The van der Waals surface area contributed by atoms with Gasteiger partial charge in [0.15, 0.2) is 0 Å². The molecule has 0 spiro atoms. The molecule has 1 N–H and O–H groups in total. The SMILES string of the molecule is CCC1(CC)CN(C2CCCC2)C(C)(C)CN1. The van der Waals surface area contributed by atoms with Gasteiger partial charge in [0.2, 0.25) is 0 Å². The van der Waals surface area contributed by atoms with Crippen LogP contribution in [0.5, 0.6) is 0 Å². The van der Waals surface area contributed by atoms with Crippen molar-refractivity contribution < 1.29 is 0 Å². The highest BCUT2D eigenvalue weighted by atomic mass is 15.3. The van der Waals surface area contributed by atoms with Gasteiger partial charge in [0.1, 0.15) is 0 Å². The molecule has 1 aliphatic carbocycles. The molecule has 0 atom stereocenters. The number of hydrogen-bond donors (Lipinski definition) is 1. The molecule has 17 heavy (non-hydrogen) atoms. The van der Waals surface area contributed by atoms with E-state index in [1.54, 1.807) is 0 Å². The lowest BCUT2D eigenvalue weighted by Crippen LogP contribution is -2.69. The molecule has 0 aromatic rings. The van der Waals surface area contributed by atoms with Crippen molar-refractivity contribution in [2.45, 2.75) is 83.3 Å². The Morgan fingerprint density at radius 1 is 1.12 bits per heavy atom. The summed E-state index contributed by atoms with van der Waals surface area (Å²) in [6.07, 6.45) is 8.23. The highest BCUT2D eigenvalue weighted by Gasteiger charge is 2.43. The van der Waals surface area contributed by atoms with E-state index in [0.717, 1.165) is 12.6 Å². The Hall–Kier alpha value is -0.0800. The molecule has 2 fully saturated rings. The highest BCUT2D eigenvalue weighted by Crippen LogP contribution is 2.35. The molecule has 2 nitrogen and oxygen atoms in total. The zero-order chi connectivity index (χ0) is 12.5. The Kier molecular flexibility index (Phi) is 3.84. The van der Waals surface area contributed by atoms with E-state index >= 15 is 0 Å². The summed E-state index contributed by atoms with van der Waals surface area (Å²) in [4.78, 5) is 2.82. The van der Waals surface area contributed by atoms with Gasteiger partial charge in [-0.3, -0.25) is 4.90 Å². The summed E-state index contributed by atoms with van der Waals surface area (Å²) < 4.78 is 0. The van der Waals surface area contributed by atoms with Crippen LogP contribution in [0.25, 0.3) is 0 Å². The topological polar surface area (TPSA) is 15.3 Å². The minimum atomic E-state index is 0.336. The summed E-state index contributed by atoms with van der Waals surface area (Å²) in [5.74, 6) is 0. The molecular formula is C15H30N2. The highest BCUT2D eigenvalue weighted by molar-refractivity contribution is 5.03. The quantitative estimate of drug-likeness (QED) is 0.812. The van der Waals surface area contributed by atoms with E-state index in [-0.39, 0.29) is 0 Å². The molecule has 1 saturated heterocycles. The van der Waals surface area contributed by atoms with Gasteiger partial charge in [0.05, 0.1) is 0 Å². The largest absolute Gasteiger partial charge is 0.308 e. The van der Waals surface area contributed by atoms with E-state index in [2.05, 4.69) is 37.9 Å². The van der Waals surface area contributed by atoms with Gasteiger partial charge in [0.25, 0.3) is 0 Å². The van der Waals surface area contributed by atoms with Crippen molar-refractivity contribution >= 4 is 0 Å². The summed E-state index contributed by atoms with van der Waals surface area (Å²) in [5, 5.41) is 3.83. The second-order valence-corrected chi connectivity index (χ2v) is 6.72. The lowest BCUT2D eigenvalue weighted by Gasteiger charge is -2.54. The number of hydrogen-bond acceptors (Lipinski definition) is 2. The fourth-order valence-corrected chi connectivity index (χ4v) is 3.66. The molecule has 0 bridgehead atoms. The van der Waals surface area contributed by atoms with Crippen LogP contribution in [0.2, 0.25) is 0 Å². The van der Waals surface area contributed by atoms with Gasteiger partial charge in [-0.05, 0) is 39.5 Å². The first-order valence-electron chi connectivity index (χ1n) is 7.55. The number of piperazine rings is 1. The predicted octanol–water partition coefficient (Wildman–Crippen LogP) is 3.17. The van der Waals surface area contributed by atoms with Crippen molar-refractivity contribution in [1.82, 2.24) is 10.2 Å². The van der Waals surface area contributed by atoms with Gasteiger partial charge in [-0.25, -0.2) is 0 Å². The average molecular weight is 238 g/mol. The third-order valence-corrected chi connectivity index (χ3v) is 5.27. The maximum atomic E-state index is 3.83. The van der Waals surface area contributed by atoms with Crippen LogP contribution in [-0.2, 0) is 0 Å². The molecule has 0 radical (unpaired) electrons. The molecule has 0 unspecified atom stereocenters. The lowest BCUT2D eigenvalue weighted by molar-refractivity contribution is -0.00879. The molecule has 2 heteroatoms. The molecule has 0 aromatic heterocycles. The van der Waals surface area contributed by atoms with Crippen LogP contribution in [0, 0.1) is 0 Å². The Bertz CT molecular complexity index is 250. The lowest BCUT2D eigenvalue weighted by atomic mass is 9.83. The molecule has 0 aromatic carbocycles. The van der Waals surface area contributed by atoms with Crippen LogP contribution in [0.4, 0.5) is 0 Å². The van der Waals surface area contributed by atoms with Crippen molar-refractivity contribution in [1.29, 1.82) is 0 Å². The second kappa shape index (κ2) is 4.89. The normalized spacial score (nSPS) is 29.6. The van der Waals surface area contributed by atoms with Gasteiger partial charge in [-0.1, -0.05) is 26.7 Å². The van der Waals surface area contributed by atoms with Crippen LogP contribution in [-0.4, -0.2) is 35.1 Å². The molecule has 2 rings (SSSR count). The van der Waals surface area contributed by atoms with Crippen LogP contribution in [0.3, 0.4) is 0 Å². The van der Waals surface area contributed by atoms with Crippen molar-refractivity contribution in [2.24, 2.45) is 0 Å². The van der Waals surface area contributed by atoms with Crippen molar-refractivity contribution in [3.05, 3.63) is 0 Å². The van der Waals surface area contributed by atoms with E-state index < -0.39 is 0 Å². The predicted molar refractivity (Wildman–Crippen MR) is 74.4 cm³/mol. The van der Waals surface area contributed by atoms with E-state index in [4.69, 9.17) is 0 Å². The molecule has 1 saturated carbocycles. The second-order valence-electron chi connectivity index (χ2n) is 6.72. The first kappa shape index (κ1) is 13.4. The fraction of sp³-hybridized carbons (Fsp3) is 1.00. The maximum Gasteiger partial charge on any atom is 0.0304 e. The third-order valence-electron chi connectivity index (χ3n) is 5.27. The fourth-order valence-electron chi connectivity index (χ4n) is 3.66. The first-order chi connectivity index (χ1) is 8.03. The summed E-state index contributed by atoms with van der Waals surface area (Å²) in [7, 11) is 0. The summed E-state index contributed by atoms with van der Waals surface area (Å²) in [6.45, 7) is 11.9. The maximum absolute atomic E-state index is 3.83. The summed E-state index contributed by atoms with van der Waals surface area (Å²) in [5.41, 5.74) is 0.709. The van der Waals surface area contributed by atoms with Gasteiger partial charge in [-0.15, -0.1) is 0 Å². The average Bonchev–Trinajstić information content (AvgIpc) is 2.83. The monoisotopic (exact) mass is 238 g/mol. The molecular weight excluding hydrogens is 208 g/mol. The van der Waals surface area contributed by atoms with Gasteiger partial charge in [0, 0.05) is 30.2 Å². The van der Waals surface area contributed by atoms with Crippen LogP contribution in [0.15, 0.2) is 0 Å². The zero-order valence-corrected chi connectivity index (χ0v) is 12.2. The van der Waals surface area contributed by atoms with E-state index in [1.807, 2.05) is 0 Å². The molecule has 0 amide bonds. The molecule has 100 valence electrons. The van der Waals surface area contributed by atoms with E-state index in [9.17, 15) is 0 Å². The molecule has 2 aliphatic rings. The minimum absolute atomic E-state index is 0.336. The van der Waals surface area contributed by atoms with Crippen molar-refractivity contribution in [3.63, 3.8) is 0 Å². The zero-order valence-electron chi connectivity index (χ0n) is 12.2. The van der Waals surface area contributed by atoms with Crippen LogP contribution >= 0.6 is 0 Å². The summed E-state index contributed by atoms with van der Waals surface area (Å²) >= 11 is 0. The van der Waals surface area contributed by atoms with Crippen LogP contribution in [0.1, 0.15) is 66.2 Å². The van der Waals surface area contributed by atoms with Crippen molar-refractivity contribution in [2.75, 3.05) is 13.1 Å². The minimum Gasteiger partial charge on any atom is -0.308 e. The number of nitrogens with one attached hydrogen (secondary N) is 1. The Balaban J connectivity index is 2.13. The van der Waals surface area contributed by atoms with E-state index in [1.165, 1.54) is 45.1 Å².